The number of nitro groups is 1. The number of nitrogens with one attached hydrogen (secondary N) is 1. The monoisotopic (exact) mass is 404 g/mol. The van der Waals surface area contributed by atoms with E-state index in [0.717, 1.165) is 5.56 Å². The smallest absolute Gasteiger partial charge is 0.293 e. The van der Waals surface area contributed by atoms with E-state index < -0.39 is 10.8 Å². The van der Waals surface area contributed by atoms with E-state index in [4.69, 9.17) is 27.6 Å². The van der Waals surface area contributed by atoms with E-state index in [0.29, 0.717) is 27.1 Å². The molecule has 0 aliphatic carbocycles. The van der Waals surface area contributed by atoms with Crippen molar-refractivity contribution in [1.29, 1.82) is 0 Å². The van der Waals surface area contributed by atoms with Crippen molar-refractivity contribution in [3.8, 4) is 11.3 Å². The predicted octanol–water partition coefficient (Wildman–Crippen LogP) is 6.03. The summed E-state index contributed by atoms with van der Waals surface area (Å²) in [6.07, 6.45) is 0. The Morgan fingerprint density at radius 3 is 2.48 bits per heavy atom. The van der Waals surface area contributed by atoms with E-state index in [1.165, 1.54) is 12.1 Å². The highest BCUT2D eigenvalue weighted by molar-refractivity contribution is 6.42. The van der Waals surface area contributed by atoms with Crippen molar-refractivity contribution in [3.05, 3.63) is 79.5 Å². The van der Waals surface area contributed by atoms with E-state index in [1.807, 2.05) is 0 Å². The minimum atomic E-state index is -0.536. The summed E-state index contributed by atoms with van der Waals surface area (Å²) in [7, 11) is 0. The Balaban J connectivity index is 1.91. The van der Waals surface area contributed by atoms with Crippen LogP contribution in [0.5, 0.6) is 0 Å². The second-order valence-electron chi connectivity index (χ2n) is 5.94. The summed E-state index contributed by atoms with van der Waals surface area (Å²) in [5, 5.41) is 14.6. The highest BCUT2D eigenvalue weighted by Gasteiger charge is 2.20. The molecular formula is C19H14Cl2N2O4. The minimum Gasteiger partial charge on any atom is -0.461 e. The first-order valence-corrected chi connectivity index (χ1v) is 8.64. The van der Waals surface area contributed by atoms with E-state index in [1.54, 1.807) is 44.2 Å². The van der Waals surface area contributed by atoms with Gasteiger partial charge in [0.1, 0.15) is 17.2 Å². The summed E-state index contributed by atoms with van der Waals surface area (Å²) in [5.74, 6) is 0.312. The summed E-state index contributed by atoms with van der Waals surface area (Å²) >= 11 is 11.9. The predicted molar refractivity (Wildman–Crippen MR) is 105 cm³/mol. The number of halogens is 2. The van der Waals surface area contributed by atoms with Crippen molar-refractivity contribution in [1.82, 2.24) is 0 Å². The Labute approximate surface area is 164 Å². The fourth-order valence-electron chi connectivity index (χ4n) is 2.59. The van der Waals surface area contributed by atoms with Gasteiger partial charge < -0.3 is 9.73 Å². The fourth-order valence-corrected chi connectivity index (χ4v) is 2.89. The molecule has 3 aromatic rings. The topological polar surface area (TPSA) is 85.4 Å². The van der Waals surface area contributed by atoms with E-state index >= 15 is 0 Å². The number of rotatable bonds is 4. The average Bonchev–Trinajstić information content (AvgIpc) is 3.00. The molecule has 8 heteroatoms. The first kappa shape index (κ1) is 18.9. The maximum absolute atomic E-state index is 12.6. The molecule has 0 saturated carbocycles. The lowest BCUT2D eigenvalue weighted by Crippen LogP contribution is -2.13. The lowest BCUT2D eigenvalue weighted by Gasteiger charge is -2.06. The second-order valence-corrected chi connectivity index (χ2v) is 6.76. The quantitative estimate of drug-likeness (QED) is 0.424. The first-order chi connectivity index (χ1) is 12.8. The van der Waals surface area contributed by atoms with Crippen LogP contribution in [0.2, 0.25) is 10.0 Å². The van der Waals surface area contributed by atoms with Crippen LogP contribution in [0.1, 0.15) is 21.7 Å². The minimum absolute atomic E-state index is 0.118. The number of carbonyl (C=O) groups excluding carboxylic acids is 1. The van der Waals surface area contributed by atoms with E-state index in [2.05, 4.69) is 5.32 Å². The van der Waals surface area contributed by atoms with Crippen LogP contribution in [0.15, 0.2) is 46.9 Å². The van der Waals surface area contributed by atoms with Crippen LogP contribution in [0, 0.1) is 24.0 Å². The number of furan rings is 1. The van der Waals surface area contributed by atoms with Gasteiger partial charge in [0, 0.05) is 11.6 Å². The van der Waals surface area contributed by atoms with Crippen molar-refractivity contribution in [2.75, 3.05) is 5.32 Å². The van der Waals surface area contributed by atoms with Crippen molar-refractivity contribution in [2.45, 2.75) is 13.8 Å². The van der Waals surface area contributed by atoms with Gasteiger partial charge in [-0.05, 0) is 49.7 Å². The molecule has 0 saturated heterocycles. The Morgan fingerprint density at radius 1 is 1.07 bits per heavy atom. The molecule has 3 rings (SSSR count). The Kier molecular flexibility index (Phi) is 5.21. The number of nitrogens with zero attached hydrogens (tertiary/aromatic N) is 1. The SMILES string of the molecule is Cc1ccc(NC(=O)c2cc(-c3ccc(Cl)c(Cl)c3)oc2C)c([N+](=O)[O-])c1. The third-order valence-corrected chi connectivity index (χ3v) is 4.70. The number of nitro benzene ring substituents is 1. The van der Waals surface area contributed by atoms with Gasteiger partial charge in [0.15, 0.2) is 0 Å². The lowest BCUT2D eigenvalue weighted by molar-refractivity contribution is -0.384. The summed E-state index contributed by atoms with van der Waals surface area (Å²) in [5.41, 5.74) is 1.60. The molecule has 0 radical (unpaired) electrons. The number of carbonyl (C=O) groups is 1. The van der Waals surface area contributed by atoms with Gasteiger partial charge in [0.2, 0.25) is 0 Å². The molecule has 0 fully saturated rings. The van der Waals surface area contributed by atoms with Gasteiger partial charge in [0.25, 0.3) is 11.6 Å². The zero-order valence-corrected chi connectivity index (χ0v) is 15.9. The third-order valence-electron chi connectivity index (χ3n) is 3.96. The van der Waals surface area contributed by atoms with Gasteiger partial charge in [-0.25, -0.2) is 0 Å². The van der Waals surface area contributed by atoms with Crippen molar-refractivity contribution < 1.29 is 14.1 Å². The maximum atomic E-state index is 12.6. The number of hydrogen-bond acceptors (Lipinski definition) is 4. The highest BCUT2D eigenvalue weighted by Crippen LogP contribution is 2.32. The fraction of sp³-hybridized carbons (Fsp3) is 0.105. The molecule has 1 N–H and O–H groups in total. The Bertz CT molecular complexity index is 1060. The Hall–Kier alpha value is -2.83. The molecule has 1 heterocycles. The van der Waals surface area contributed by atoms with Gasteiger partial charge in [-0.2, -0.15) is 0 Å². The first-order valence-electron chi connectivity index (χ1n) is 7.88. The molecule has 2 aromatic carbocycles. The summed E-state index contributed by atoms with van der Waals surface area (Å²) < 4.78 is 5.65. The molecule has 0 aliphatic heterocycles. The second kappa shape index (κ2) is 7.42. The largest absolute Gasteiger partial charge is 0.461 e. The normalized spacial score (nSPS) is 10.7. The molecule has 0 spiro atoms. The molecular weight excluding hydrogens is 391 g/mol. The van der Waals surface area contributed by atoms with Crippen LogP contribution >= 0.6 is 23.2 Å². The number of anilines is 1. The van der Waals surface area contributed by atoms with Crippen LogP contribution in [0.4, 0.5) is 11.4 Å². The molecule has 1 amide bonds. The maximum Gasteiger partial charge on any atom is 0.293 e. The van der Waals surface area contributed by atoms with Gasteiger partial charge in [-0.1, -0.05) is 29.3 Å². The van der Waals surface area contributed by atoms with Crippen molar-refractivity contribution >= 4 is 40.5 Å². The van der Waals surface area contributed by atoms with Crippen LogP contribution < -0.4 is 5.32 Å². The van der Waals surface area contributed by atoms with Crippen LogP contribution in [-0.2, 0) is 0 Å². The summed E-state index contributed by atoms with van der Waals surface area (Å²) in [4.78, 5) is 23.3. The van der Waals surface area contributed by atoms with Gasteiger partial charge in [-0.3, -0.25) is 14.9 Å². The molecule has 0 atom stereocenters. The number of benzene rings is 2. The summed E-state index contributed by atoms with van der Waals surface area (Å²) in [6, 6.07) is 11.1. The highest BCUT2D eigenvalue weighted by atomic mass is 35.5. The van der Waals surface area contributed by atoms with Crippen LogP contribution in [0.25, 0.3) is 11.3 Å². The standard InChI is InChI=1S/C19H14Cl2N2O4/c1-10-3-6-16(17(7-10)23(25)26)22-19(24)13-9-18(27-11(13)2)12-4-5-14(20)15(21)8-12/h3-9H,1-2H3,(H,22,24). The molecule has 138 valence electrons. The number of hydrogen-bond donors (Lipinski definition) is 1. The summed E-state index contributed by atoms with van der Waals surface area (Å²) in [6.45, 7) is 3.38. The molecule has 0 aliphatic rings. The van der Waals surface area contributed by atoms with Gasteiger partial charge in [0.05, 0.1) is 20.5 Å². The van der Waals surface area contributed by atoms with Crippen molar-refractivity contribution in [3.63, 3.8) is 0 Å². The molecule has 27 heavy (non-hydrogen) atoms. The zero-order valence-electron chi connectivity index (χ0n) is 14.4. The Morgan fingerprint density at radius 2 is 1.81 bits per heavy atom. The van der Waals surface area contributed by atoms with Gasteiger partial charge >= 0.3 is 0 Å². The van der Waals surface area contributed by atoms with E-state index in [-0.39, 0.29) is 16.9 Å². The van der Waals surface area contributed by atoms with Crippen LogP contribution in [-0.4, -0.2) is 10.8 Å². The molecule has 6 nitrogen and oxygen atoms in total. The number of aryl methyl sites for hydroxylation is 2. The molecule has 0 unspecified atom stereocenters. The molecule has 0 bridgehead atoms. The number of amides is 1. The van der Waals surface area contributed by atoms with Crippen molar-refractivity contribution in [2.24, 2.45) is 0 Å². The zero-order chi connectivity index (χ0) is 19.7. The van der Waals surface area contributed by atoms with Gasteiger partial charge in [-0.15, -0.1) is 0 Å². The average molecular weight is 405 g/mol. The van der Waals surface area contributed by atoms with Crippen LogP contribution in [0.3, 0.4) is 0 Å². The molecule has 1 aromatic heterocycles. The lowest BCUT2D eigenvalue weighted by atomic mass is 10.1. The van der Waals surface area contributed by atoms with E-state index in [9.17, 15) is 14.9 Å². The third kappa shape index (κ3) is 3.97.